The largest absolute Gasteiger partial charge is 0.497 e. The number of aromatic amines is 7. The fourth-order valence-corrected chi connectivity index (χ4v) is 15.5. The molecule has 672 valence electrons. The van der Waals surface area contributed by atoms with Crippen LogP contribution in [-0.2, 0) is 44.9 Å². The number of rotatable bonds is 25. The van der Waals surface area contributed by atoms with Crippen LogP contribution in [0.4, 0.5) is 4.39 Å². The number of methoxy groups -OCH3 is 4. The predicted octanol–water partition coefficient (Wildman–Crippen LogP) is 25.6. The van der Waals surface area contributed by atoms with Gasteiger partial charge in [-0.3, -0.25) is 0 Å². The first-order valence-corrected chi connectivity index (χ1v) is 44.9. The molecule has 0 bridgehead atoms. The van der Waals surface area contributed by atoms with Crippen LogP contribution in [0.1, 0.15) is 130 Å². The van der Waals surface area contributed by atoms with E-state index in [0.29, 0.717) is 29.8 Å². The van der Waals surface area contributed by atoms with Crippen molar-refractivity contribution in [2.75, 3.05) is 41.7 Å². The summed E-state index contributed by atoms with van der Waals surface area (Å²) in [6, 6.07) is 81.5. The molecule has 0 saturated heterocycles. The van der Waals surface area contributed by atoms with Crippen molar-refractivity contribution in [2.45, 2.75) is 91.4 Å². The van der Waals surface area contributed by atoms with Gasteiger partial charge in [-0.15, -0.1) is 0 Å². The first kappa shape index (κ1) is 92.1. The SMILES string of the molecule is CCC(C)c1ccc(Cc2cnc3[nH]ccc3c2)cc1.CCCOc1ccc(Cc2cnc3[nH]ccc3c2)cc1.CCOc1ccc(Cc2cnc3[nH]ccc3c2)cc1.COc1cc(Cc2cnc3[nH]ccc3c2)cc(OC)c1OC.COc1ccc(Cc2cnc3[nH]ccc3c2)cc1.Clc1ccc(Cc2cnc3[nH]ccc3c2)cc1.Fc1ccc(Cc2cnc3[nH]ccc3c2)cc1. The summed E-state index contributed by atoms with van der Waals surface area (Å²) >= 11 is 5.86. The molecule has 20 nitrogen and oxygen atoms in total. The number of benzene rings is 7. The summed E-state index contributed by atoms with van der Waals surface area (Å²) in [5, 5.41) is 8.77. The number of aromatic nitrogens is 14. The Morgan fingerprint density at radius 3 is 0.812 bits per heavy atom. The highest BCUT2D eigenvalue weighted by Gasteiger charge is 2.16. The number of pyridine rings is 7. The van der Waals surface area contributed by atoms with Gasteiger partial charge in [0.15, 0.2) is 11.5 Å². The average Bonchev–Trinajstić information content (AvgIpc) is 1.11. The molecular weight excluding hydrogens is 1680 g/mol. The van der Waals surface area contributed by atoms with Crippen LogP contribution in [0.3, 0.4) is 0 Å². The van der Waals surface area contributed by atoms with Crippen LogP contribution in [-0.4, -0.2) is 111 Å². The van der Waals surface area contributed by atoms with Gasteiger partial charge >= 0.3 is 0 Å². The lowest BCUT2D eigenvalue weighted by Gasteiger charge is -2.14. The van der Waals surface area contributed by atoms with Gasteiger partial charge in [-0.05, 0) is 312 Å². The number of H-pyrrole nitrogens is 7. The molecule has 0 aliphatic heterocycles. The Labute approximate surface area is 777 Å². The Bertz CT molecular complexity index is 7070. The van der Waals surface area contributed by atoms with E-state index >= 15 is 0 Å². The van der Waals surface area contributed by atoms with Crippen molar-refractivity contribution >= 4 is 88.8 Å². The van der Waals surface area contributed by atoms with Crippen molar-refractivity contribution in [3.05, 3.63) is 424 Å². The van der Waals surface area contributed by atoms with Crippen LogP contribution in [0.2, 0.25) is 5.02 Å². The van der Waals surface area contributed by atoms with Gasteiger partial charge in [0.2, 0.25) is 5.75 Å². The summed E-state index contributed by atoms with van der Waals surface area (Å²) in [5.74, 6) is 5.11. The summed E-state index contributed by atoms with van der Waals surface area (Å²) in [4.78, 5) is 52.4. The van der Waals surface area contributed by atoms with E-state index in [1.165, 1.54) is 85.1 Å². The van der Waals surface area contributed by atoms with Gasteiger partial charge in [-0.2, -0.15) is 0 Å². The third-order valence-electron chi connectivity index (χ3n) is 22.6. The van der Waals surface area contributed by atoms with E-state index in [4.69, 9.17) is 40.0 Å². The second-order valence-corrected chi connectivity index (χ2v) is 32.7. The van der Waals surface area contributed by atoms with Crippen LogP contribution in [0.5, 0.6) is 34.5 Å². The number of halogens is 2. The zero-order valence-electron chi connectivity index (χ0n) is 75.9. The zero-order valence-corrected chi connectivity index (χ0v) is 76.6. The molecular formula is C111H108ClFN14O6. The maximum atomic E-state index is 12.8. The average molecular weight is 1790 g/mol. The number of hydrogen-bond donors (Lipinski definition) is 7. The van der Waals surface area contributed by atoms with Crippen LogP contribution < -0.4 is 28.4 Å². The number of nitrogens with zero attached hydrogens (tertiary/aromatic N) is 7. The van der Waals surface area contributed by atoms with Gasteiger partial charge in [-0.25, -0.2) is 39.3 Å². The third-order valence-corrected chi connectivity index (χ3v) is 22.8. The second kappa shape index (κ2) is 46.1. The topological polar surface area (TPSA) is 256 Å². The minimum atomic E-state index is -0.201. The molecule has 22 heteroatoms. The van der Waals surface area contributed by atoms with Crippen LogP contribution in [0.15, 0.2) is 329 Å². The first-order valence-electron chi connectivity index (χ1n) is 44.6. The molecule has 133 heavy (non-hydrogen) atoms. The summed E-state index contributed by atoms with van der Waals surface area (Å²) in [7, 11) is 6.52. The molecule has 0 fully saturated rings. The second-order valence-electron chi connectivity index (χ2n) is 32.3. The van der Waals surface area contributed by atoms with Gasteiger partial charge in [0.25, 0.3) is 0 Å². The lowest BCUT2D eigenvalue weighted by atomic mass is 9.96. The molecule has 1 unspecified atom stereocenters. The van der Waals surface area contributed by atoms with Crippen molar-refractivity contribution in [1.29, 1.82) is 0 Å². The molecule has 0 aliphatic carbocycles. The Hall–Kier alpha value is -15.6. The molecule has 7 N–H and O–H groups in total. The van der Waals surface area contributed by atoms with Crippen LogP contribution in [0.25, 0.3) is 77.2 Å². The fraction of sp³-hybridized carbons (Fsp3) is 0.180. The standard InChI is InChI=1S/C18H20N2.C17H18N2O3.C17H18N2O.C16H16N2O.C15H14N2O.C14H11ClN2.C14H11FN2/c1-3-13(2)16-6-4-14(5-7-16)10-15-11-17-8-9-19-18(17)20-12-15;1-20-14-8-11(9-15(21-2)16(14)22-3)6-12-7-13-4-5-18-17(13)19-10-12;1-2-9-20-16-5-3-13(4-6-16)10-14-11-15-7-8-18-17(15)19-12-14;1-2-19-15-5-3-12(4-6-15)9-13-10-14-7-8-17-16(14)18-11-13;1-18-14-4-2-11(3-5-14)8-12-9-13-6-7-16-15(13)17-10-12;2*15-13-3-1-10(2-4-13)7-11-8-12-5-6-16-14(12)17-9-11/h4-9,11-13H,3,10H2,1-2H3,(H,19,20);4-5,7-10H,6H2,1-3H3,(H,18,19);3-8,11-12H,2,9-10H2,1H3,(H,18,19);3-8,10-11H,2,9H2,1H3,(H,17,18);2-7,9-10H,8H2,1H3,(H,16,17);2*1-6,8-9H,7H2,(H,16,17). The van der Waals surface area contributed by atoms with Gasteiger partial charge in [0.1, 0.15) is 62.6 Å². The van der Waals surface area contributed by atoms with Gasteiger partial charge in [-0.1, -0.05) is 117 Å². The first-order chi connectivity index (χ1) is 65.2. The molecule has 0 aliphatic rings. The van der Waals surface area contributed by atoms with Crippen molar-refractivity contribution in [3.63, 3.8) is 0 Å². The molecule has 14 heterocycles. The van der Waals surface area contributed by atoms with Crippen molar-refractivity contribution in [2.24, 2.45) is 0 Å². The van der Waals surface area contributed by atoms with E-state index in [1.54, 1.807) is 40.6 Å². The molecule has 0 radical (unpaired) electrons. The van der Waals surface area contributed by atoms with Crippen molar-refractivity contribution < 1.29 is 32.8 Å². The van der Waals surface area contributed by atoms with Gasteiger partial charge < -0.3 is 63.3 Å². The Kier molecular flexibility index (Phi) is 31.9. The molecule has 14 aromatic heterocycles. The van der Waals surface area contributed by atoms with Crippen molar-refractivity contribution in [1.82, 2.24) is 69.8 Å². The lowest BCUT2D eigenvalue weighted by molar-refractivity contribution is 0.317. The minimum absolute atomic E-state index is 0.201. The van der Waals surface area contributed by atoms with Crippen LogP contribution >= 0.6 is 11.6 Å². The molecule has 21 rings (SSSR count). The van der Waals surface area contributed by atoms with Crippen molar-refractivity contribution in [3.8, 4) is 34.5 Å². The molecule has 21 aromatic rings. The van der Waals surface area contributed by atoms with E-state index in [0.717, 1.165) is 174 Å². The number of fused-ring (bicyclic) bond motifs is 7. The monoisotopic (exact) mass is 1790 g/mol. The van der Waals surface area contributed by atoms with E-state index in [-0.39, 0.29) is 5.82 Å². The number of hydrogen-bond acceptors (Lipinski definition) is 13. The predicted molar refractivity (Wildman–Crippen MR) is 534 cm³/mol. The maximum absolute atomic E-state index is 12.8. The summed E-state index contributed by atoms with van der Waals surface area (Å²) < 4.78 is 45.1. The summed E-state index contributed by atoms with van der Waals surface area (Å²) in [6.07, 6.45) is 34.9. The van der Waals surface area contributed by atoms with Gasteiger partial charge in [0.05, 0.1) is 41.7 Å². The Morgan fingerprint density at radius 2 is 0.549 bits per heavy atom. The third kappa shape index (κ3) is 25.9. The molecule has 0 spiro atoms. The zero-order chi connectivity index (χ0) is 92.0. The number of ether oxygens (including phenoxy) is 6. The minimum Gasteiger partial charge on any atom is -0.497 e. The summed E-state index contributed by atoms with van der Waals surface area (Å²) in [6.45, 7) is 10.1. The molecule has 0 saturated carbocycles. The van der Waals surface area contributed by atoms with E-state index < -0.39 is 0 Å². The van der Waals surface area contributed by atoms with E-state index in [9.17, 15) is 4.39 Å². The highest BCUT2D eigenvalue weighted by Crippen LogP contribution is 2.39. The van der Waals surface area contributed by atoms with E-state index in [2.05, 4.69) is 200 Å². The fourth-order valence-electron chi connectivity index (χ4n) is 15.4. The van der Waals surface area contributed by atoms with E-state index in [1.807, 2.05) is 203 Å². The van der Waals surface area contributed by atoms with Gasteiger partial charge in [0, 0.05) is 129 Å². The quantitative estimate of drug-likeness (QED) is 0.0281. The van der Waals surface area contributed by atoms with Crippen LogP contribution in [0, 0.1) is 5.82 Å². The maximum Gasteiger partial charge on any atom is 0.203 e. The Morgan fingerprint density at radius 1 is 0.286 bits per heavy atom. The molecule has 0 amide bonds. The smallest absolute Gasteiger partial charge is 0.203 e. The normalized spacial score (nSPS) is 11.1. The number of nitrogens with one attached hydrogen (secondary N) is 7. The lowest BCUT2D eigenvalue weighted by Crippen LogP contribution is -1.98. The highest BCUT2D eigenvalue weighted by atomic mass is 35.5. The Balaban J connectivity index is 0.000000119. The highest BCUT2D eigenvalue weighted by molar-refractivity contribution is 6.30. The molecule has 7 aromatic carbocycles. The molecule has 1 atom stereocenters. The summed E-state index contributed by atoms with van der Waals surface area (Å²) in [5.41, 5.74) is 24.8.